The number of fused-ring (bicyclic) bond motifs is 3. The summed E-state index contributed by atoms with van der Waals surface area (Å²) in [6.07, 6.45) is 3.09. The van der Waals surface area contributed by atoms with Gasteiger partial charge in [0.1, 0.15) is 9.86 Å². The molecule has 3 heterocycles. The Morgan fingerprint density at radius 1 is 1.14 bits per heavy atom. The van der Waals surface area contributed by atoms with Gasteiger partial charge in [0.05, 0.1) is 12.2 Å². The van der Waals surface area contributed by atoms with Crippen LogP contribution in [-0.4, -0.2) is 21.3 Å². The van der Waals surface area contributed by atoms with Crippen molar-refractivity contribution in [2.45, 2.75) is 68.2 Å². The molecule has 0 saturated carbocycles. The highest BCUT2D eigenvalue weighted by atomic mass is 32.2. The predicted molar refractivity (Wildman–Crippen MR) is 122 cm³/mol. The molecule has 28 heavy (non-hydrogen) atoms. The Kier molecular flexibility index (Phi) is 6.30. The molecular weight excluding hydrogens is 404 g/mol. The molecule has 3 nitrogen and oxygen atoms in total. The van der Waals surface area contributed by atoms with E-state index in [1.165, 1.54) is 21.4 Å². The molecule has 4 rings (SSSR count). The molecule has 0 spiro atoms. The molecule has 0 radical (unpaired) electrons. The third-order valence-corrected chi connectivity index (χ3v) is 8.38. The zero-order valence-electron chi connectivity index (χ0n) is 16.7. The van der Waals surface area contributed by atoms with E-state index in [4.69, 9.17) is 14.7 Å². The van der Waals surface area contributed by atoms with Gasteiger partial charge in [-0.25, -0.2) is 9.97 Å². The summed E-state index contributed by atoms with van der Waals surface area (Å²) < 4.78 is 6.19. The van der Waals surface area contributed by atoms with Crippen LogP contribution in [0.5, 0.6) is 0 Å². The lowest BCUT2D eigenvalue weighted by atomic mass is 9.90. The standard InChI is InChI=1S/C22H26N2OS3/c1-4-11-26-21-23-19(27-14-15-9-7-6-8-10-15)18-16-12-22(3,5-2)25-13-17(16)28-20(18)24-21/h6-10H,4-5,11-14H2,1-3H3/t22-/m1/s1. The second kappa shape index (κ2) is 8.74. The fourth-order valence-corrected chi connectivity index (χ4v) is 6.33. The number of ether oxygens (including phenoxy) is 1. The smallest absolute Gasteiger partial charge is 0.190 e. The maximum atomic E-state index is 6.19. The minimum absolute atomic E-state index is 0.0853. The maximum absolute atomic E-state index is 6.19. The van der Waals surface area contributed by atoms with Crippen LogP contribution in [0.1, 0.15) is 49.6 Å². The van der Waals surface area contributed by atoms with E-state index in [2.05, 4.69) is 51.1 Å². The molecule has 0 fully saturated rings. The Labute approximate surface area is 179 Å². The number of benzene rings is 1. The van der Waals surface area contributed by atoms with Gasteiger partial charge >= 0.3 is 0 Å². The first kappa shape index (κ1) is 20.2. The number of rotatable bonds is 7. The monoisotopic (exact) mass is 430 g/mol. The molecule has 1 aliphatic heterocycles. The molecule has 0 amide bonds. The Bertz CT molecular complexity index is 957. The average molecular weight is 431 g/mol. The van der Waals surface area contributed by atoms with Gasteiger partial charge in [-0.15, -0.1) is 23.1 Å². The summed E-state index contributed by atoms with van der Waals surface area (Å²) in [5.41, 5.74) is 2.66. The van der Waals surface area contributed by atoms with Crippen LogP contribution in [0.2, 0.25) is 0 Å². The quantitative estimate of drug-likeness (QED) is 0.236. The highest BCUT2D eigenvalue weighted by Crippen LogP contribution is 2.43. The van der Waals surface area contributed by atoms with Crippen LogP contribution in [0.15, 0.2) is 40.5 Å². The highest BCUT2D eigenvalue weighted by molar-refractivity contribution is 7.99. The second-order valence-electron chi connectivity index (χ2n) is 7.39. The summed E-state index contributed by atoms with van der Waals surface area (Å²) in [6, 6.07) is 10.6. The van der Waals surface area contributed by atoms with Gasteiger partial charge in [-0.2, -0.15) is 0 Å². The Morgan fingerprint density at radius 3 is 2.71 bits per heavy atom. The number of thioether (sulfide) groups is 2. The fraction of sp³-hybridized carbons (Fsp3) is 0.455. The van der Waals surface area contributed by atoms with E-state index in [0.29, 0.717) is 6.61 Å². The van der Waals surface area contributed by atoms with E-state index < -0.39 is 0 Å². The first-order valence-electron chi connectivity index (χ1n) is 9.87. The van der Waals surface area contributed by atoms with Crippen molar-refractivity contribution in [1.82, 2.24) is 9.97 Å². The normalized spacial score (nSPS) is 19.1. The molecule has 0 bridgehead atoms. The van der Waals surface area contributed by atoms with E-state index in [9.17, 15) is 0 Å². The first-order chi connectivity index (χ1) is 13.6. The van der Waals surface area contributed by atoms with Crippen molar-refractivity contribution in [3.05, 3.63) is 46.3 Å². The van der Waals surface area contributed by atoms with E-state index in [1.807, 2.05) is 11.8 Å². The van der Waals surface area contributed by atoms with Gasteiger partial charge in [0.15, 0.2) is 5.16 Å². The highest BCUT2D eigenvalue weighted by Gasteiger charge is 2.33. The molecule has 0 saturated heterocycles. The van der Waals surface area contributed by atoms with Crippen molar-refractivity contribution < 1.29 is 4.74 Å². The third-order valence-electron chi connectivity index (χ3n) is 5.18. The summed E-state index contributed by atoms with van der Waals surface area (Å²) in [5.74, 6) is 1.98. The van der Waals surface area contributed by atoms with Crippen LogP contribution < -0.4 is 0 Å². The molecule has 148 valence electrons. The van der Waals surface area contributed by atoms with Crippen molar-refractivity contribution >= 4 is 45.1 Å². The summed E-state index contributed by atoms with van der Waals surface area (Å²) in [6.45, 7) is 7.33. The van der Waals surface area contributed by atoms with Crippen LogP contribution in [0.25, 0.3) is 10.2 Å². The summed E-state index contributed by atoms with van der Waals surface area (Å²) >= 11 is 5.39. The summed E-state index contributed by atoms with van der Waals surface area (Å²) in [7, 11) is 0. The minimum Gasteiger partial charge on any atom is -0.369 e. The van der Waals surface area contributed by atoms with E-state index in [0.717, 1.165) is 45.8 Å². The van der Waals surface area contributed by atoms with Crippen molar-refractivity contribution in [3.63, 3.8) is 0 Å². The first-order valence-corrected chi connectivity index (χ1v) is 12.7. The van der Waals surface area contributed by atoms with Crippen LogP contribution in [0.4, 0.5) is 0 Å². The Morgan fingerprint density at radius 2 is 1.96 bits per heavy atom. The molecular formula is C22H26N2OS3. The lowest BCUT2D eigenvalue weighted by molar-refractivity contribution is -0.0543. The van der Waals surface area contributed by atoms with Gasteiger partial charge < -0.3 is 4.74 Å². The van der Waals surface area contributed by atoms with Gasteiger partial charge in [0, 0.05) is 28.2 Å². The van der Waals surface area contributed by atoms with Crippen molar-refractivity contribution in [1.29, 1.82) is 0 Å². The largest absolute Gasteiger partial charge is 0.369 e. The zero-order chi connectivity index (χ0) is 19.6. The number of hydrogen-bond donors (Lipinski definition) is 0. The molecule has 1 aromatic carbocycles. The van der Waals surface area contributed by atoms with Crippen LogP contribution >= 0.6 is 34.9 Å². The fourth-order valence-electron chi connectivity index (χ4n) is 3.34. The lowest BCUT2D eigenvalue weighted by Gasteiger charge is -2.33. The van der Waals surface area contributed by atoms with Crippen molar-refractivity contribution in [2.24, 2.45) is 0 Å². The number of nitrogens with zero attached hydrogens (tertiary/aromatic N) is 2. The second-order valence-corrected chi connectivity index (χ2v) is 10.5. The predicted octanol–water partition coefficient (Wildman–Crippen LogP) is 6.73. The summed E-state index contributed by atoms with van der Waals surface area (Å²) in [4.78, 5) is 12.3. The zero-order valence-corrected chi connectivity index (χ0v) is 19.1. The minimum atomic E-state index is -0.0853. The molecule has 0 N–H and O–H groups in total. The van der Waals surface area contributed by atoms with E-state index >= 15 is 0 Å². The molecule has 0 aliphatic carbocycles. The lowest BCUT2D eigenvalue weighted by Crippen LogP contribution is -2.33. The topological polar surface area (TPSA) is 35.0 Å². The molecule has 6 heteroatoms. The molecule has 3 aromatic rings. The summed E-state index contributed by atoms with van der Waals surface area (Å²) in [5, 5.41) is 3.30. The SMILES string of the molecule is CCCSc1nc(SCc2ccccc2)c2c3c(sc2n1)CO[C@](C)(CC)C3. The van der Waals surface area contributed by atoms with Crippen molar-refractivity contribution in [3.8, 4) is 0 Å². The van der Waals surface area contributed by atoms with Crippen LogP contribution in [0, 0.1) is 0 Å². The molecule has 2 aromatic heterocycles. The number of hydrogen-bond acceptors (Lipinski definition) is 6. The van der Waals surface area contributed by atoms with Crippen LogP contribution in [-0.2, 0) is 23.5 Å². The van der Waals surface area contributed by atoms with Gasteiger partial charge in [-0.05, 0) is 30.9 Å². The molecule has 1 aliphatic rings. The Balaban J connectivity index is 1.74. The van der Waals surface area contributed by atoms with Gasteiger partial charge in [-0.3, -0.25) is 0 Å². The molecule has 1 atom stereocenters. The molecule has 0 unspecified atom stereocenters. The van der Waals surface area contributed by atoms with Crippen LogP contribution in [0.3, 0.4) is 0 Å². The third kappa shape index (κ3) is 4.25. The van der Waals surface area contributed by atoms with Gasteiger partial charge in [0.25, 0.3) is 0 Å². The van der Waals surface area contributed by atoms with Gasteiger partial charge in [0.2, 0.25) is 0 Å². The number of thiophene rings is 1. The van der Waals surface area contributed by atoms with Gasteiger partial charge in [-0.1, -0.05) is 55.9 Å². The maximum Gasteiger partial charge on any atom is 0.190 e. The average Bonchev–Trinajstić information content (AvgIpc) is 3.08. The van der Waals surface area contributed by atoms with E-state index in [-0.39, 0.29) is 5.60 Å². The Hall–Kier alpha value is -1.08. The van der Waals surface area contributed by atoms with Crippen molar-refractivity contribution in [2.75, 3.05) is 5.75 Å². The van der Waals surface area contributed by atoms with E-state index in [1.54, 1.807) is 23.1 Å². The number of aromatic nitrogens is 2.